The molecule has 1 atom stereocenters. The summed E-state index contributed by atoms with van der Waals surface area (Å²) in [4.78, 5) is 24.1. The molecule has 6 heteroatoms. The standard InChI is InChI=1S/C13H19N3O3/c1-16(2)10-5-3-9(4-6-10)15-12(17)8-7-11(14)13(18)19/h3-6,11H,7-8,14H2,1-2H3,(H,15,17)(H,18,19)/t11-/m0/s1. The van der Waals surface area contributed by atoms with Crippen LogP contribution in [0.3, 0.4) is 0 Å². The molecule has 1 rings (SSSR count). The number of nitrogens with zero attached hydrogens (tertiary/aromatic N) is 1. The third-order valence-electron chi connectivity index (χ3n) is 2.67. The highest BCUT2D eigenvalue weighted by molar-refractivity contribution is 5.91. The second-order valence-electron chi connectivity index (χ2n) is 4.47. The van der Waals surface area contributed by atoms with Crippen LogP contribution in [0.4, 0.5) is 11.4 Å². The van der Waals surface area contributed by atoms with E-state index >= 15 is 0 Å². The van der Waals surface area contributed by atoms with Gasteiger partial charge in [0.05, 0.1) is 0 Å². The average molecular weight is 265 g/mol. The normalized spacial score (nSPS) is 11.7. The van der Waals surface area contributed by atoms with Crippen LogP contribution in [-0.2, 0) is 9.59 Å². The smallest absolute Gasteiger partial charge is 0.320 e. The van der Waals surface area contributed by atoms with E-state index < -0.39 is 12.0 Å². The lowest BCUT2D eigenvalue weighted by Crippen LogP contribution is -2.31. The van der Waals surface area contributed by atoms with Crippen LogP contribution in [0.1, 0.15) is 12.8 Å². The molecule has 0 radical (unpaired) electrons. The van der Waals surface area contributed by atoms with Gasteiger partial charge in [-0.1, -0.05) is 0 Å². The van der Waals surface area contributed by atoms with Crippen molar-refractivity contribution in [3.63, 3.8) is 0 Å². The summed E-state index contributed by atoms with van der Waals surface area (Å²) in [6.07, 6.45) is 0.208. The van der Waals surface area contributed by atoms with Crippen molar-refractivity contribution in [3.05, 3.63) is 24.3 Å². The zero-order valence-electron chi connectivity index (χ0n) is 11.1. The zero-order valence-corrected chi connectivity index (χ0v) is 11.1. The highest BCUT2D eigenvalue weighted by Crippen LogP contribution is 2.15. The molecule has 4 N–H and O–H groups in total. The number of carboxylic acids is 1. The van der Waals surface area contributed by atoms with Crippen LogP contribution < -0.4 is 16.0 Å². The van der Waals surface area contributed by atoms with Gasteiger partial charge in [0, 0.05) is 31.9 Å². The topological polar surface area (TPSA) is 95.7 Å². The Morgan fingerprint density at radius 3 is 2.37 bits per heavy atom. The Morgan fingerprint density at radius 1 is 1.32 bits per heavy atom. The number of anilines is 2. The summed E-state index contributed by atoms with van der Waals surface area (Å²) in [7, 11) is 3.86. The number of carboxylic acid groups (broad SMARTS) is 1. The first-order valence-corrected chi connectivity index (χ1v) is 5.96. The first-order chi connectivity index (χ1) is 8.90. The quantitative estimate of drug-likeness (QED) is 0.709. The Kier molecular flexibility index (Phi) is 5.32. The lowest BCUT2D eigenvalue weighted by atomic mass is 10.1. The molecule has 0 aliphatic carbocycles. The molecule has 104 valence electrons. The number of hydrogen-bond acceptors (Lipinski definition) is 4. The average Bonchev–Trinajstić information content (AvgIpc) is 2.36. The van der Waals surface area contributed by atoms with Crippen molar-refractivity contribution in [2.45, 2.75) is 18.9 Å². The Labute approximate surface area is 112 Å². The van der Waals surface area contributed by atoms with E-state index in [1.165, 1.54) is 0 Å². The van der Waals surface area contributed by atoms with Crippen molar-refractivity contribution in [1.29, 1.82) is 0 Å². The van der Waals surface area contributed by atoms with E-state index in [-0.39, 0.29) is 18.7 Å². The third kappa shape index (κ3) is 4.97. The van der Waals surface area contributed by atoms with Crippen LogP contribution in [-0.4, -0.2) is 37.1 Å². The van der Waals surface area contributed by atoms with Gasteiger partial charge in [-0.05, 0) is 30.7 Å². The van der Waals surface area contributed by atoms with Gasteiger partial charge >= 0.3 is 5.97 Å². The monoisotopic (exact) mass is 265 g/mol. The number of nitrogens with two attached hydrogens (primary N) is 1. The van der Waals surface area contributed by atoms with Gasteiger partial charge in [0.25, 0.3) is 0 Å². The largest absolute Gasteiger partial charge is 0.480 e. The number of hydrogen-bond donors (Lipinski definition) is 3. The minimum absolute atomic E-state index is 0.0862. The SMILES string of the molecule is CN(C)c1ccc(NC(=O)CC[C@H](N)C(=O)O)cc1. The molecule has 0 saturated carbocycles. The Bertz CT molecular complexity index is 443. The fraction of sp³-hybridized carbons (Fsp3) is 0.385. The molecule has 6 nitrogen and oxygen atoms in total. The van der Waals surface area contributed by atoms with Crippen LogP contribution in [0.25, 0.3) is 0 Å². The molecule has 0 bridgehead atoms. The van der Waals surface area contributed by atoms with Gasteiger partial charge in [0.15, 0.2) is 0 Å². The summed E-state index contributed by atoms with van der Waals surface area (Å²) in [6, 6.07) is 6.37. The molecule has 0 unspecified atom stereocenters. The van der Waals surface area contributed by atoms with E-state index in [1.54, 1.807) is 12.1 Å². The number of amides is 1. The van der Waals surface area contributed by atoms with Crippen molar-refractivity contribution < 1.29 is 14.7 Å². The molecule has 1 aromatic carbocycles. The first-order valence-electron chi connectivity index (χ1n) is 5.96. The molecule has 0 aliphatic rings. The molecule has 1 aromatic rings. The maximum Gasteiger partial charge on any atom is 0.320 e. The van der Waals surface area contributed by atoms with E-state index in [1.807, 2.05) is 31.1 Å². The summed E-state index contributed by atoms with van der Waals surface area (Å²) >= 11 is 0. The van der Waals surface area contributed by atoms with Gasteiger partial charge in [-0.15, -0.1) is 0 Å². The third-order valence-corrected chi connectivity index (χ3v) is 2.67. The van der Waals surface area contributed by atoms with Crippen LogP contribution in [0, 0.1) is 0 Å². The Hall–Kier alpha value is -2.08. The van der Waals surface area contributed by atoms with E-state index in [0.29, 0.717) is 5.69 Å². The number of aliphatic carboxylic acids is 1. The molecule has 0 heterocycles. The molecule has 0 spiro atoms. The highest BCUT2D eigenvalue weighted by Gasteiger charge is 2.13. The zero-order chi connectivity index (χ0) is 14.4. The molecule has 0 aromatic heterocycles. The van der Waals surface area contributed by atoms with E-state index in [2.05, 4.69) is 5.32 Å². The van der Waals surface area contributed by atoms with Crippen LogP contribution in [0.5, 0.6) is 0 Å². The summed E-state index contributed by atoms with van der Waals surface area (Å²) in [5.74, 6) is -1.34. The van der Waals surface area contributed by atoms with E-state index in [0.717, 1.165) is 5.69 Å². The van der Waals surface area contributed by atoms with E-state index in [4.69, 9.17) is 10.8 Å². The Morgan fingerprint density at radius 2 is 1.89 bits per heavy atom. The predicted molar refractivity (Wildman–Crippen MR) is 74.2 cm³/mol. The molecule has 19 heavy (non-hydrogen) atoms. The van der Waals surface area contributed by atoms with Crippen molar-refractivity contribution in [1.82, 2.24) is 0 Å². The second kappa shape index (κ2) is 6.75. The van der Waals surface area contributed by atoms with Crippen LogP contribution in [0.15, 0.2) is 24.3 Å². The fourth-order valence-electron chi connectivity index (χ4n) is 1.48. The van der Waals surface area contributed by atoms with Gasteiger partial charge < -0.3 is 21.1 Å². The van der Waals surface area contributed by atoms with Gasteiger partial charge in [0.1, 0.15) is 6.04 Å². The van der Waals surface area contributed by atoms with Crippen LogP contribution in [0.2, 0.25) is 0 Å². The van der Waals surface area contributed by atoms with Crippen molar-refractivity contribution in [2.24, 2.45) is 5.73 Å². The molecule has 0 fully saturated rings. The van der Waals surface area contributed by atoms with Crippen molar-refractivity contribution in [2.75, 3.05) is 24.3 Å². The van der Waals surface area contributed by atoms with Crippen LogP contribution >= 0.6 is 0 Å². The van der Waals surface area contributed by atoms with Gasteiger partial charge in [-0.3, -0.25) is 9.59 Å². The molecular weight excluding hydrogens is 246 g/mol. The van der Waals surface area contributed by atoms with Gasteiger partial charge in [0.2, 0.25) is 5.91 Å². The molecule has 0 saturated heterocycles. The maximum absolute atomic E-state index is 11.6. The number of rotatable bonds is 6. The van der Waals surface area contributed by atoms with Crippen molar-refractivity contribution in [3.8, 4) is 0 Å². The van der Waals surface area contributed by atoms with Crippen molar-refractivity contribution >= 4 is 23.3 Å². The molecule has 0 aliphatic heterocycles. The molecular formula is C13H19N3O3. The summed E-state index contributed by atoms with van der Waals surface area (Å²) in [5, 5.41) is 11.3. The van der Waals surface area contributed by atoms with Gasteiger partial charge in [-0.2, -0.15) is 0 Å². The number of carbonyl (C=O) groups is 2. The predicted octanol–water partition coefficient (Wildman–Crippen LogP) is 0.883. The highest BCUT2D eigenvalue weighted by atomic mass is 16.4. The summed E-state index contributed by atoms with van der Waals surface area (Å²) in [6.45, 7) is 0. The first kappa shape index (κ1) is 15.0. The number of nitrogens with one attached hydrogen (secondary N) is 1. The minimum atomic E-state index is -1.09. The fourth-order valence-corrected chi connectivity index (χ4v) is 1.48. The number of carbonyl (C=O) groups excluding carboxylic acids is 1. The Balaban J connectivity index is 2.46. The number of benzene rings is 1. The maximum atomic E-state index is 11.6. The lowest BCUT2D eigenvalue weighted by molar-refractivity contribution is -0.138. The summed E-state index contributed by atoms with van der Waals surface area (Å²) in [5.41, 5.74) is 7.04. The second-order valence-corrected chi connectivity index (χ2v) is 4.47. The van der Waals surface area contributed by atoms with Gasteiger partial charge in [-0.25, -0.2) is 0 Å². The molecule has 1 amide bonds. The summed E-state index contributed by atoms with van der Waals surface area (Å²) < 4.78 is 0. The lowest BCUT2D eigenvalue weighted by Gasteiger charge is -2.13. The minimum Gasteiger partial charge on any atom is -0.480 e. The van der Waals surface area contributed by atoms with E-state index in [9.17, 15) is 9.59 Å².